The molecule has 501 valence electrons. The number of likely N-dealkylation sites (N-methyl/N-ethyl adjacent to an activating group) is 3. The van der Waals surface area contributed by atoms with Crippen LogP contribution in [0.1, 0.15) is 147 Å². The van der Waals surface area contributed by atoms with E-state index < -0.39 is 158 Å². The van der Waals surface area contributed by atoms with E-state index in [1.807, 2.05) is 11.8 Å². The molecule has 7 amide bonds. The molecule has 1 aromatic rings. The van der Waals surface area contributed by atoms with Gasteiger partial charge in [-0.05, 0) is 90.1 Å². The Morgan fingerprint density at radius 2 is 1.41 bits per heavy atom. The Balaban J connectivity index is 1.97. The summed E-state index contributed by atoms with van der Waals surface area (Å²) >= 11 is 0. The maximum absolute atomic E-state index is 15.9. The molecule has 8 N–H and O–H groups in total. The van der Waals surface area contributed by atoms with Gasteiger partial charge in [0.25, 0.3) is 0 Å². The van der Waals surface area contributed by atoms with Gasteiger partial charge in [0.15, 0.2) is 0 Å². The van der Waals surface area contributed by atoms with E-state index in [4.69, 9.17) is 28.8 Å². The van der Waals surface area contributed by atoms with Crippen molar-refractivity contribution in [2.75, 3.05) is 83.3 Å². The first-order valence-electron chi connectivity index (χ1n) is 32.8. The Morgan fingerprint density at radius 1 is 0.795 bits per heavy atom. The lowest BCUT2D eigenvalue weighted by Gasteiger charge is -2.42. The minimum absolute atomic E-state index is 0.0309. The van der Waals surface area contributed by atoms with Crippen LogP contribution in [0.15, 0.2) is 24.3 Å². The van der Waals surface area contributed by atoms with E-state index in [-0.39, 0.29) is 31.8 Å². The molecule has 0 aromatic heterocycles. The minimum atomic E-state index is -3.13. The van der Waals surface area contributed by atoms with Gasteiger partial charge in [0.05, 0.1) is 37.6 Å². The third kappa shape index (κ3) is 20.0. The second-order valence-electron chi connectivity index (χ2n) is 24.9. The number of rotatable bonds is 28. The first-order valence-corrected chi connectivity index (χ1v) is 31.3. The van der Waals surface area contributed by atoms with Crippen LogP contribution in [0.4, 0.5) is 0 Å². The molecule has 0 bridgehead atoms. The van der Waals surface area contributed by atoms with Crippen molar-refractivity contribution in [3.8, 4) is 5.75 Å². The summed E-state index contributed by atoms with van der Waals surface area (Å²) in [4.78, 5) is 113. The largest absolute Gasteiger partial charge is 0.497 e. The number of aliphatic hydroxyl groups excluding tert-OH is 4. The molecular weight excluding hydrogens is 1140 g/mol. The zero-order chi connectivity index (χ0) is 68.6. The molecule has 3 aliphatic heterocycles. The van der Waals surface area contributed by atoms with Crippen molar-refractivity contribution < 1.29 is 77.0 Å². The van der Waals surface area contributed by atoms with E-state index in [1.54, 1.807) is 38.4 Å². The van der Waals surface area contributed by atoms with Gasteiger partial charge in [-0.2, -0.15) is 0 Å². The number of aliphatic hydroxyl groups is 4. The number of carbonyl (C=O) groups excluding carboxylic acids is 7. The molecule has 25 nitrogen and oxygen atoms in total. The average Bonchev–Trinajstić information content (AvgIpc) is 1.80. The summed E-state index contributed by atoms with van der Waals surface area (Å²) in [5.41, 5.74) is 8.66. The topological polar surface area (TPSA) is 317 Å². The van der Waals surface area contributed by atoms with Gasteiger partial charge >= 0.3 is 0 Å². The van der Waals surface area contributed by atoms with E-state index in [1.165, 1.54) is 60.8 Å². The van der Waals surface area contributed by atoms with Crippen LogP contribution in [0.3, 0.4) is 0 Å². The number of unbranched alkanes of at least 4 members (excludes halogenated alkanes) is 5. The number of hydrogen-bond acceptors (Lipinski definition) is 17. The van der Waals surface area contributed by atoms with Crippen LogP contribution in [0.5, 0.6) is 5.75 Å². The van der Waals surface area contributed by atoms with Crippen molar-refractivity contribution in [3.63, 3.8) is 0 Å². The maximum Gasteiger partial charge on any atom is 0.249 e. The van der Waals surface area contributed by atoms with Crippen molar-refractivity contribution in [3.05, 3.63) is 29.8 Å². The van der Waals surface area contributed by atoms with Gasteiger partial charge in [0.1, 0.15) is 60.4 Å². The molecule has 5 unspecified atom stereocenters. The average molecular weight is 1250 g/mol. The lowest BCUT2D eigenvalue weighted by atomic mass is 9.91. The zero-order valence-corrected chi connectivity index (χ0v) is 54.9. The number of methoxy groups -OCH3 is 4. The molecule has 1 radical (unpaired) electrons. The van der Waals surface area contributed by atoms with Crippen LogP contribution in [-0.4, -0.2) is 266 Å². The fraction of sp³-hybridized carbons (Fsp3) is 0.794. The quantitative estimate of drug-likeness (QED) is 0.0587. The molecule has 88 heavy (non-hydrogen) atoms. The number of amides is 7. The summed E-state index contributed by atoms with van der Waals surface area (Å²) in [5, 5.41) is 56.0. The van der Waals surface area contributed by atoms with Gasteiger partial charge in [-0.15, -0.1) is 0 Å². The highest BCUT2D eigenvalue weighted by Crippen LogP contribution is 2.32. The molecule has 3 heterocycles. The number of fused-ring (bicyclic) bond motifs is 2. The molecular formula is C63H109N10O15. The third-order valence-corrected chi connectivity index (χ3v) is 18.2. The monoisotopic (exact) mass is 1250 g/mol. The van der Waals surface area contributed by atoms with E-state index in [9.17, 15) is 25.2 Å². The van der Waals surface area contributed by atoms with E-state index in [0.29, 0.717) is 36.0 Å². The van der Waals surface area contributed by atoms with E-state index >= 15 is 28.8 Å². The predicted octanol–water partition coefficient (Wildman–Crippen LogP) is 1.68. The zero-order valence-electron chi connectivity index (χ0n) is 57.9. The number of hydrogen-bond donors (Lipinski definition) is 7. The lowest BCUT2D eigenvalue weighted by molar-refractivity contribution is -0.160. The molecule has 0 aliphatic carbocycles. The SMILES string of the molecule is [2H]C([2H])([NH])C([2H])(C)N[C@@H]1[C@H](O)C[C@H](NC(=O)CCCCCCCCC(C)CC(C)CC)C(=O)N(C)[C@@H]([C@@H](C)O)C(=O)N2C[C@H](O)CC2C(=O)N[C@@H]([C@H](O)[C@@H](OC)c2ccc(OC)cc2)C(=O)N(C)[C@@H]([C@@H](CC(C)N(C)C)OC)C(=O)N2CC[C@H](OC)[C@H]2C(=O)N1C. The third-order valence-electron chi connectivity index (χ3n) is 18.2. The van der Waals surface area contributed by atoms with Crippen LogP contribution in [0.2, 0.25) is 0 Å². The predicted molar refractivity (Wildman–Crippen MR) is 331 cm³/mol. The Bertz CT molecular complexity index is 2520. The van der Waals surface area contributed by atoms with Gasteiger partial charge in [-0.25, -0.2) is 0 Å². The summed E-state index contributed by atoms with van der Waals surface area (Å²) in [6.07, 6.45) is -5.48. The normalized spacial score (nSPS) is 28.7. The molecule has 3 saturated heterocycles. The van der Waals surface area contributed by atoms with Crippen LogP contribution in [0.25, 0.3) is 0 Å². The molecule has 1 aromatic carbocycles. The van der Waals surface area contributed by atoms with Crippen molar-refractivity contribution in [2.45, 2.75) is 229 Å². The highest BCUT2D eigenvalue weighted by atomic mass is 16.5. The molecule has 25 heteroatoms. The van der Waals surface area contributed by atoms with Crippen molar-refractivity contribution in [2.24, 2.45) is 11.8 Å². The number of ether oxygens (including phenoxy) is 4. The highest BCUT2D eigenvalue weighted by molar-refractivity contribution is 5.98. The maximum atomic E-state index is 15.9. The van der Waals surface area contributed by atoms with E-state index in [0.717, 1.165) is 72.1 Å². The lowest BCUT2D eigenvalue weighted by Crippen LogP contribution is -2.65. The summed E-state index contributed by atoms with van der Waals surface area (Å²) in [6.45, 7) is 6.95. The van der Waals surface area contributed by atoms with Crippen LogP contribution >= 0.6 is 0 Å². The first kappa shape index (κ1) is 70.4. The van der Waals surface area contributed by atoms with Crippen molar-refractivity contribution in [1.29, 1.82) is 0 Å². The first-order chi connectivity index (χ1) is 42.6. The molecule has 0 saturated carbocycles. The molecule has 3 fully saturated rings. The van der Waals surface area contributed by atoms with Crippen molar-refractivity contribution in [1.82, 2.24) is 51.1 Å². The van der Waals surface area contributed by atoms with Gasteiger partial charge in [0.2, 0.25) is 41.4 Å². The van der Waals surface area contributed by atoms with Gasteiger partial charge in [0, 0.05) is 97.5 Å². The number of carbonyl (C=O) groups is 7. The molecule has 3 aliphatic rings. The summed E-state index contributed by atoms with van der Waals surface area (Å²) in [5.74, 6) is -5.03. The standard InChI is InChI=1S/C63H109N10O15/c1-16-37(2)31-38(3)23-21-19-17-18-20-22-24-50(77)66-45-34-47(76)57(65-39(4)35-64)71(11)61(82)54-48(86-13)29-30-72(54)63(84)53(49(87-14)32-40(5)68(7)8)70(10)60(81)51(55(78)56(88-15)42-25-27-44(85-12)28-26-42)67-58(79)46-33-43(75)36-73(46)62(83)52(41(6)74)69(9)59(45)80/h25-28,37-41,43,45-49,51-57,64-65,74-76,78H,16-24,29-36H2,1-15H3,(H,66,77)(H,67,79)/t37?,38?,39?,40?,41-,43-,45+,46?,47-,48+,49-,51+,52+,53+,54+,55+,56+,57+/m1/s1/i35D2,39D. The van der Waals surface area contributed by atoms with Gasteiger partial charge < -0.3 is 79.4 Å². The second-order valence-corrected chi connectivity index (χ2v) is 24.9. The Hall–Kier alpha value is -5.09. The number of nitrogens with zero attached hydrogens (tertiary/aromatic N) is 6. The Labute approximate surface area is 527 Å². The Morgan fingerprint density at radius 3 is 1.98 bits per heavy atom. The fourth-order valence-corrected chi connectivity index (χ4v) is 12.5. The minimum Gasteiger partial charge on any atom is -0.497 e. The molecule has 18 atom stereocenters. The summed E-state index contributed by atoms with van der Waals surface area (Å²) < 4.78 is 48.9. The summed E-state index contributed by atoms with van der Waals surface area (Å²) in [6, 6.07) is -7.28. The van der Waals surface area contributed by atoms with Crippen molar-refractivity contribution >= 4 is 41.4 Å². The van der Waals surface area contributed by atoms with Gasteiger partial charge in [-0.3, -0.25) is 44.6 Å². The highest BCUT2D eigenvalue weighted by Gasteiger charge is 2.52. The second kappa shape index (κ2) is 36.1. The molecule has 0 spiro atoms. The smallest absolute Gasteiger partial charge is 0.249 e. The number of nitrogens with one attached hydrogen (secondary N) is 4. The van der Waals surface area contributed by atoms with Gasteiger partial charge in [-0.1, -0.05) is 77.8 Å². The van der Waals surface area contributed by atoms with Crippen LogP contribution in [0, 0.1) is 11.8 Å². The van der Waals surface area contributed by atoms with E-state index in [2.05, 4.69) is 36.7 Å². The van der Waals surface area contributed by atoms with Crippen LogP contribution < -0.4 is 26.4 Å². The fourth-order valence-electron chi connectivity index (χ4n) is 12.5. The number of benzene rings is 1. The van der Waals surface area contributed by atoms with Crippen LogP contribution in [-0.2, 0) is 47.8 Å². The summed E-state index contributed by atoms with van der Waals surface area (Å²) in [7, 11) is 12.5. The Kier molecular flexibility index (Phi) is 28.9. The molecule has 4 rings (SSSR count).